The highest BCUT2D eigenvalue weighted by Crippen LogP contribution is 2.31. The fourth-order valence-electron chi connectivity index (χ4n) is 3.43. The van der Waals surface area contributed by atoms with E-state index < -0.39 is 17.3 Å². The van der Waals surface area contributed by atoms with E-state index in [1.54, 1.807) is 40.5 Å². The lowest BCUT2D eigenvalue weighted by Crippen LogP contribution is -2.41. The molecule has 1 N–H and O–H groups in total. The third-order valence-electron chi connectivity index (χ3n) is 4.95. The third kappa shape index (κ3) is 8.20. The second-order valence-corrected chi connectivity index (χ2v) is 11.2. The van der Waals surface area contributed by atoms with Gasteiger partial charge in [0.1, 0.15) is 23.6 Å². The first-order chi connectivity index (χ1) is 15.9. The predicted molar refractivity (Wildman–Crippen MR) is 133 cm³/mol. The van der Waals surface area contributed by atoms with Gasteiger partial charge in [-0.3, -0.25) is 5.32 Å². The van der Waals surface area contributed by atoms with Crippen molar-refractivity contribution in [3.63, 3.8) is 0 Å². The SMILES string of the molecule is CC(C)(C)OC(=O)Nc1ccc(OCc2csc(C3CCN(C(=O)OC(C)(C)C)CC3)n2)cc1. The molecule has 0 bridgehead atoms. The summed E-state index contributed by atoms with van der Waals surface area (Å²) >= 11 is 1.64. The first kappa shape index (κ1) is 25.8. The summed E-state index contributed by atoms with van der Waals surface area (Å²) in [7, 11) is 0. The summed E-state index contributed by atoms with van der Waals surface area (Å²) in [5.41, 5.74) is 0.489. The maximum absolute atomic E-state index is 12.3. The minimum atomic E-state index is -0.547. The molecule has 0 saturated carbocycles. The maximum Gasteiger partial charge on any atom is 0.412 e. The summed E-state index contributed by atoms with van der Waals surface area (Å²) in [6.45, 7) is 12.8. The zero-order valence-corrected chi connectivity index (χ0v) is 21.7. The van der Waals surface area contributed by atoms with Gasteiger partial charge in [-0.25, -0.2) is 14.6 Å². The standard InChI is InChI=1S/C25H35N3O5S/c1-24(2,3)32-22(29)27-18-7-9-20(10-8-18)31-15-19-16-34-21(26-19)17-11-13-28(14-12-17)23(30)33-25(4,5)6/h7-10,16-17H,11-15H2,1-6H3,(H,27,29). The van der Waals surface area contributed by atoms with Crippen LogP contribution in [0.4, 0.5) is 15.3 Å². The van der Waals surface area contributed by atoms with Crippen molar-refractivity contribution in [2.24, 2.45) is 0 Å². The Hall–Kier alpha value is -2.81. The van der Waals surface area contributed by atoms with Crippen molar-refractivity contribution in [3.05, 3.63) is 40.3 Å². The number of carbonyl (C=O) groups is 2. The number of likely N-dealkylation sites (tertiary alicyclic amines) is 1. The van der Waals surface area contributed by atoms with Gasteiger partial charge in [0, 0.05) is 30.1 Å². The van der Waals surface area contributed by atoms with Crippen LogP contribution in [-0.2, 0) is 16.1 Å². The molecule has 0 aliphatic carbocycles. The molecule has 1 aliphatic heterocycles. The van der Waals surface area contributed by atoms with E-state index in [1.165, 1.54) is 0 Å². The maximum atomic E-state index is 12.3. The van der Waals surface area contributed by atoms with E-state index in [2.05, 4.69) is 5.32 Å². The lowest BCUT2D eigenvalue weighted by Gasteiger charge is -2.32. The number of amides is 2. The number of hydrogen-bond donors (Lipinski definition) is 1. The van der Waals surface area contributed by atoms with E-state index in [4.69, 9.17) is 19.2 Å². The Morgan fingerprint density at radius 1 is 1.03 bits per heavy atom. The number of ether oxygens (including phenoxy) is 3. The summed E-state index contributed by atoms with van der Waals surface area (Å²) in [5.74, 6) is 1.03. The van der Waals surface area contributed by atoms with Crippen LogP contribution in [0.1, 0.15) is 71.0 Å². The number of rotatable bonds is 5. The van der Waals surface area contributed by atoms with Gasteiger partial charge in [-0.1, -0.05) is 0 Å². The fraction of sp³-hybridized carbons (Fsp3) is 0.560. The van der Waals surface area contributed by atoms with E-state index in [0.717, 1.165) is 23.5 Å². The van der Waals surface area contributed by atoms with Gasteiger partial charge in [0.25, 0.3) is 0 Å². The van der Waals surface area contributed by atoms with Crippen LogP contribution < -0.4 is 10.1 Å². The Kier molecular flexibility index (Phi) is 8.07. The Morgan fingerprint density at radius 2 is 1.65 bits per heavy atom. The molecule has 9 heteroatoms. The number of carbonyl (C=O) groups excluding carboxylic acids is 2. The average Bonchev–Trinajstić information content (AvgIpc) is 3.20. The smallest absolute Gasteiger partial charge is 0.412 e. The van der Waals surface area contributed by atoms with Crippen LogP contribution in [0, 0.1) is 0 Å². The molecule has 34 heavy (non-hydrogen) atoms. The largest absolute Gasteiger partial charge is 0.487 e. The Balaban J connectivity index is 1.45. The molecule has 1 saturated heterocycles. The molecular weight excluding hydrogens is 454 g/mol. The lowest BCUT2D eigenvalue weighted by atomic mass is 9.98. The average molecular weight is 490 g/mol. The van der Waals surface area contributed by atoms with Crippen molar-refractivity contribution < 1.29 is 23.8 Å². The summed E-state index contributed by atoms with van der Waals surface area (Å²) in [4.78, 5) is 30.7. The first-order valence-electron chi connectivity index (χ1n) is 11.5. The summed E-state index contributed by atoms with van der Waals surface area (Å²) in [5, 5.41) is 5.80. The fourth-order valence-corrected chi connectivity index (χ4v) is 4.40. The number of anilines is 1. The molecule has 2 aromatic rings. The third-order valence-corrected chi connectivity index (χ3v) is 6.01. The second-order valence-electron chi connectivity index (χ2n) is 10.4. The van der Waals surface area contributed by atoms with Crippen molar-refractivity contribution in [3.8, 4) is 5.75 Å². The van der Waals surface area contributed by atoms with Gasteiger partial charge >= 0.3 is 12.2 Å². The van der Waals surface area contributed by atoms with E-state index in [-0.39, 0.29) is 6.09 Å². The molecule has 2 amide bonds. The van der Waals surface area contributed by atoms with Crippen LogP contribution in [0.2, 0.25) is 0 Å². The molecular formula is C25H35N3O5S. The van der Waals surface area contributed by atoms with Gasteiger partial charge in [0.2, 0.25) is 0 Å². The van der Waals surface area contributed by atoms with Crippen molar-refractivity contribution >= 4 is 29.2 Å². The number of piperidine rings is 1. The Morgan fingerprint density at radius 3 is 2.24 bits per heavy atom. The monoisotopic (exact) mass is 489 g/mol. The quantitative estimate of drug-likeness (QED) is 0.539. The molecule has 0 atom stereocenters. The van der Waals surface area contributed by atoms with Crippen LogP contribution in [0.15, 0.2) is 29.6 Å². The summed E-state index contributed by atoms with van der Waals surface area (Å²) < 4.78 is 16.6. The topological polar surface area (TPSA) is 90.0 Å². The molecule has 0 radical (unpaired) electrons. The molecule has 1 aromatic carbocycles. The van der Waals surface area contributed by atoms with E-state index >= 15 is 0 Å². The van der Waals surface area contributed by atoms with Gasteiger partial charge < -0.3 is 19.1 Å². The Labute approximate surface area is 205 Å². The van der Waals surface area contributed by atoms with Crippen molar-refractivity contribution in [2.45, 2.75) is 78.1 Å². The van der Waals surface area contributed by atoms with Crippen molar-refractivity contribution in [2.75, 3.05) is 18.4 Å². The summed E-state index contributed by atoms with van der Waals surface area (Å²) in [6.07, 6.45) is 1.01. The first-order valence-corrected chi connectivity index (χ1v) is 12.4. The number of aromatic nitrogens is 1. The van der Waals surface area contributed by atoms with Crippen LogP contribution in [0.5, 0.6) is 5.75 Å². The number of hydrogen-bond acceptors (Lipinski definition) is 7. The van der Waals surface area contributed by atoms with E-state index in [9.17, 15) is 9.59 Å². The molecule has 1 aromatic heterocycles. The van der Waals surface area contributed by atoms with Gasteiger partial charge in [0.05, 0.1) is 10.7 Å². The van der Waals surface area contributed by atoms with Crippen molar-refractivity contribution in [1.29, 1.82) is 0 Å². The molecule has 0 spiro atoms. The minimum absolute atomic E-state index is 0.244. The Bertz CT molecular complexity index is 968. The number of thiazole rings is 1. The number of nitrogens with one attached hydrogen (secondary N) is 1. The van der Waals surface area contributed by atoms with Crippen LogP contribution in [0.3, 0.4) is 0 Å². The van der Waals surface area contributed by atoms with Crippen LogP contribution in [-0.4, -0.2) is 46.4 Å². The second kappa shape index (κ2) is 10.6. The molecule has 2 heterocycles. The highest BCUT2D eigenvalue weighted by Gasteiger charge is 2.28. The van der Waals surface area contributed by atoms with Gasteiger partial charge in [-0.05, 0) is 78.6 Å². The summed E-state index contributed by atoms with van der Waals surface area (Å²) in [6, 6.07) is 7.13. The normalized spacial score (nSPS) is 15.1. The lowest BCUT2D eigenvalue weighted by molar-refractivity contribution is 0.0204. The molecule has 1 aliphatic rings. The predicted octanol–water partition coefficient (Wildman–Crippen LogP) is 6.18. The molecule has 3 rings (SSSR count). The highest BCUT2D eigenvalue weighted by molar-refractivity contribution is 7.09. The van der Waals surface area contributed by atoms with Crippen LogP contribution in [0.25, 0.3) is 0 Å². The minimum Gasteiger partial charge on any atom is -0.487 e. The molecule has 0 unspecified atom stereocenters. The van der Waals surface area contributed by atoms with E-state index in [1.807, 2.05) is 46.9 Å². The van der Waals surface area contributed by atoms with Crippen LogP contribution >= 0.6 is 11.3 Å². The highest BCUT2D eigenvalue weighted by atomic mass is 32.1. The zero-order chi connectivity index (χ0) is 24.9. The van der Waals surface area contributed by atoms with E-state index in [0.29, 0.717) is 37.1 Å². The zero-order valence-electron chi connectivity index (χ0n) is 20.8. The number of benzene rings is 1. The number of nitrogens with zero attached hydrogens (tertiary/aromatic N) is 2. The molecule has 186 valence electrons. The van der Waals surface area contributed by atoms with Gasteiger partial charge in [-0.15, -0.1) is 11.3 Å². The van der Waals surface area contributed by atoms with Crippen molar-refractivity contribution in [1.82, 2.24) is 9.88 Å². The van der Waals surface area contributed by atoms with Gasteiger partial charge in [0.15, 0.2) is 0 Å². The molecule has 1 fully saturated rings. The molecule has 8 nitrogen and oxygen atoms in total. The van der Waals surface area contributed by atoms with Gasteiger partial charge in [-0.2, -0.15) is 0 Å².